The summed E-state index contributed by atoms with van der Waals surface area (Å²) in [6, 6.07) is 5.40. The molecule has 0 saturated carbocycles. The zero-order valence-electron chi connectivity index (χ0n) is 14.6. The van der Waals surface area contributed by atoms with Gasteiger partial charge in [0.15, 0.2) is 11.5 Å². The molecule has 25 heavy (non-hydrogen) atoms. The van der Waals surface area contributed by atoms with Gasteiger partial charge in [-0.25, -0.2) is 4.79 Å². The van der Waals surface area contributed by atoms with Gasteiger partial charge in [0.05, 0.1) is 5.52 Å². The topological polar surface area (TPSA) is 83.7 Å². The molecule has 1 aromatic carbocycles. The van der Waals surface area contributed by atoms with Crippen molar-refractivity contribution in [1.29, 1.82) is 0 Å². The molecule has 0 saturated heterocycles. The number of hydrogen-bond donors (Lipinski definition) is 2. The third-order valence-corrected chi connectivity index (χ3v) is 4.31. The summed E-state index contributed by atoms with van der Waals surface area (Å²) in [6.45, 7) is 6.62. The van der Waals surface area contributed by atoms with Gasteiger partial charge in [0.2, 0.25) is 0 Å². The van der Waals surface area contributed by atoms with Crippen LogP contribution in [0.4, 0.5) is 4.79 Å². The first-order chi connectivity index (χ1) is 12.1. The van der Waals surface area contributed by atoms with Crippen LogP contribution >= 0.6 is 0 Å². The summed E-state index contributed by atoms with van der Waals surface area (Å²) in [5.41, 5.74) is 1.19. The molecule has 1 aliphatic heterocycles. The maximum atomic E-state index is 12.3. The van der Waals surface area contributed by atoms with Crippen molar-refractivity contribution in [3.8, 4) is 11.5 Å². The Balaban J connectivity index is 1.74. The van der Waals surface area contributed by atoms with Crippen molar-refractivity contribution in [3.63, 3.8) is 0 Å². The summed E-state index contributed by atoms with van der Waals surface area (Å²) in [4.78, 5) is 28.8. The number of fused-ring (bicyclic) bond motifs is 2. The third kappa shape index (κ3) is 3.70. The van der Waals surface area contributed by atoms with E-state index in [0.717, 1.165) is 5.39 Å². The molecule has 0 spiro atoms. The van der Waals surface area contributed by atoms with Crippen LogP contribution in [0.15, 0.2) is 23.0 Å². The number of ether oxygens (including phenoxy) is 2. The summed E-state index contributed by atoms with van der Waals surface area (Å²) < 4.78 is 11.1. The van der Waals surface area contributed by atoms with Crippen LogP contribution in [0.3, 0.4) is 0 Å². The lowest BCUT2D eigenvalue weighted by Gasteiger charge is -2.19. The largest absolute Gasteiger partial charge is 0.486 e. The highest BCUT2D eigenvalue weighted by Crippen LogP contribution is 2.33. The maximum absolute atomic E-state index is 12.3. The van der Waals surface area contributed by atoms with Gasteiger partial charge in [0.25, 0.3) is 5.56 Å². The number of hydrogen-bond acceptors (Lipinski definition) is 4. The Morgan fingerprint density at radius 1 is 1.16 bits per heavy atom. The second-order valence-electron chi connectivity index (χ2n) is 5.86. The van der Waals surface area contributed by atoms with Crippen molar-refractivity contribution < 1.29 is 14.3 Å². The van der Waals surface area contributed by atoms with Gasteiger partial charge in [-0.2, -0.15) is 0 Å². The number of carbonyl (C=O) groups is 1. The molecule has 2 N–H and O–H groups in total. The van der Waals surface area contributed by atoms with E-state index in [4.69, 9.17) is 9.47 Å². The molecule has 2 amide bonds. The molecule has 2 heterocycles. The predicted octanol–water partition coefficient (Wildman–Crippen LogP) is 1.89. The fraction of sp³-hybridized carbons (Fsp3) is 0.444. The first-order valence-electron chi connectivity index (χ1n) is 8.60. The minimum Gasteiger partial charge on any atom is -0.486 e. The third-order valence-electron chi connectivity index (χ3n) is 4.31. The molecule has 0 unspecified atom stereocenters. The Bertz CT molecular complexity index is 827. The van der Waals surface area contributed by atoms with Crippen LogP contribution in [0.5, 0.6) is 11.5 Å². The molecule has 1 aliphatic rings. The zero-order valence-corrected chi connectivity index (χ0v) is 14.6. The summed E-state index contributed by atoms with van der Waals surface area (Å²) in [5, 5.41) is 3.73. The average molecular weight is 345 g/mol. The quantitative estimate of drug-likeness (QED) is 0.867. The molecule has 0 atom stereocenters. The number of benzene rings is 1. The number of pyridine rings is 1. The van der Waals surface area contributed by atoms with Crippen molar-refractivity contribution in [1.82, 2.24) is 15.2 Å². The molecule has 3 rings (SSSR count). The van der Waals surface area contributed by atoms with E-state index in [9.17, 15) is 9.59 Å². The molecular weight excluding hydrogens is 322 g/mol. The second kappa shape index (κ2) is 7.46. The molecular formula is C18H23N3O4. The van der Waals surface area contributed by atoms with Crippen LogP contribution in [0.1, 0.15) is 19.4 Å². The van der Waals surface area contributed by atoms with E-state index in [0.29, 0.717) is 61.8 Å². The lowest BCUT2D eigenvalue weighted by Crippen LogP contribution is -2.40. The smallest absolute Gasteiger partial charge is 0.317 e. The standard InChI is InChI=1S/C18H23N3O4/c1-3-21(4-2)18(23)19-6-5-12-9-13-10-15-16(25-8-7-24-15)11-14(13)20-17(12)22/h9-11H,3-8H2,1-2H3,(H,19,23)(H,20,22). The Labute approximate surface area is 145 Å². The minimum absolute atomic E-state index is 0.109. The maximum Gasteiger partial charge on any atom is 0.317 e. The van der Waals surface area contributed by atoms with Crippen LogP contribution in [-0.4, -0.2) is 48.8 Å². The fourth-order valence-corrected chi connectivity index (χ4v) is 2.90. The van der Waals surface area contributed by atoms with E-state index >= 15 is 0 Å². The Morgan fingerprint density at radius 2 is 1.84 bits per heavy atom. The van der Waals surface area contributed by atoms with Gasteiger partial charge in [0.1, 0.15) is 13.2 Å². The van der Waals surface area contributed by atoms with Crippen LogP contribution < -0.4 is 20.3 Å². The van der Waals surface area contributed by atoms with Crippen LogP contribution in [0.25, 0.3) is 10.9 Å². The SMILES string of the molecule is CCN(CC)C(=O)NCCc1cc2cc3c(cc2[nH]c1=O)OCCO3. The summed E-state index contributed by atoms with van der Waals surface area (Å²) in [6.07, 6.45) is 0.465. The molecule has 0 fully saturated rings. The number of urea groups is 1. The molecule has 134 valence electrons. The van der Waals surface area contributed by atoms with Crippen molar-refractivity contribution in [3.05, 3.63) is 34.1 Å². The van der Waals surface area contributed by atoms with Crippen LogP contribution in [-0.2, 0) is 6.42 Å². The number of nitrogens with zero attached hydrogens (tertiary/aromatic N) is 1. The highest BCUT2D eigenvalue weighted by Gasteiger charge is 2.14. The second-order valence-corrected chi connectivity index (χ2v) is 5.86. The van der Waals surface area contributed by atoms with E-state index < -0.39 is 0 Å². The number of aromatic nitrogens is 1. The Hall–Kier alpha value is -2.70. The number of H-pyrrole nitrogens is 1. The Morgan fingerprint density at radius 3 is 2.52 bits per heavy atom. The van der Waals surface area contributed by atoms with E-state index in [2.05, 4.69) is 10.3 Å². The first-order valence-corrected chi connectivity index (χ1v) is 8.60. The van der Waals surface area contributed by atoms with E-state index in [-0.39, 0.29) is 11.6 Å². The number of amides is 2. The van der Waals surface area contributed by atoms with Gasteiger partial charge >= 0.3 is 6.03 Å². The Kier molecular flexibility index (Phi) is 5.11. The van der Waals surface area contributed by atoms with Gasteiger partial charge in [-0.1, -0.05) is 0 Å². The van der Waals surface area contributed by atoms with Gasteiger partial charge in [0, 0.05) is 36.7 Å². The van der Waals surface area contributed by atoms with Crippen molar-refractivity contribution in [2.24, 2.45) is 0 Å². The van der Waals surface area contributed by atoms with Crippen molar-refractivity contribution in [2.45, 2.75) is 20.3 Å². The summed E-state index contributed by atoms with van der Waals surface area (Å²) >= 11 is 0. The van der Waals surface area contributed by atoms with Crippen LogP contribution in [0, 0.1) is 0 Å². The zero-order chi connectivity index (χ0) is 17.8. The molecule has 0 bridgehead atoms. The van der Waals surface area contributed by atoms with Gasteiger partial charge in [-0.15, -0.1) is 0 Å². The summed E-state index contributed by atoms with van der Waals surface area (Å²) in [5.74, 6) is 1.33. The predicted molar refractivity (Wildman–Crippen MR) is 95.6 cm³/mol. The lowest BCUT2D eigenvalue weighted by molar-refractivity contribution is 0.172. The summed E-state index contributed by atoms with van der Waals surface area (Å²) in [7, 11) is 0. The number of rotatable bonds is 5. The lowest BCUT2D eigenvalue weighted by atomic mass is 10.1. The number of aromatic amines is 1. The molecule has 2 aromatic rings. The molecule has 0 radical (unpaired) electrons. The first kappa shape index (κ1) is 17.1. The van der Waals surface area contributed by atoms with E-state index in [1.165, 1.54) is 0 Å². The van der Waals surface area contributed by atoms with Gasteiger partial charge in [-0.3, -0.25) is 4.79 Å². The van der Waals surface area contributed by atoms with Crippen LogP contribution in [0.2, 0.25) is 0 Å². The van der Waals surface area contributed by atoms with Crippen molar-refractivity contribution in [2.75, 3.05) is 32.8 Å². The van der Waals surface area contributed by atoms with E-state index in [1.54, 1.807) is 11.0 Å². The monoisotopic (exact) mass is 345 g/mol. The minimum atomic E-state index is -0.152. The van der Waals surface area contributed by atoms with E-state index in [1.807, 2.05) is 26.0 Å². The van der Waals surface area contributed by atoms with Gasteiger partial charge < -0.3 is 24.7 Å². The normalized spacial score (nSPS) is 12.9. The fourth-order valence-electron chi connectivity index (χ4n) is 2.90. The average Bonchev–Trinajstić information content (AvgIpc) is 2.61. The van der Waals surface area contributed by atoms with Crippen molar-refractivity contribution >= 4 is 16.9 Å². The molecule has 1 aromatic heterocycles. The molecule has 0 aliphatic carbocycles. The number of carbonyl (C=O) groups excluding carboxylic acids is 1. The highest BCUT2D eigenvalue weighted by molar-refractivity contribution is 5.83. The van der Waals surface area contributed by atoms with Gasteiger partial charge in [-0.05, 0) is 32.4 Å². The highest BCUT2D eigenvalue weighted by atomic mass is 16.6. The molecule has 7 nitrogen and oxygen atoms in total. The number of nitrogens with one attached hydrogen (secondary N) is 2. The molecule has 7 heteroatoms.